The summed E-state index contributed by atoms with van der Waals surface area (Å²) < 4.78 is 0. The summed E-state index contributed by atoms with van der Waals surface area (Å²) in [5.74, 6) is 0. The number of benzene rings is 11. The average Bonchev–Trinajstić information content (AvgIpc) is 3.75. The number of fused-ring (bicyclic) bond motifs is 11. The zero-order chi connectivity index (χ0) is 43.5. The van der Waals surface area contributed by atoms with E-state index >= 15 is 0 Å². The highest BCUT2D eigenvalue weighted by molar-refractivity contribution is 7.15. The summed E-state index contributed by atoms with van der Waals surface area (Å²) in [4.78, 5) is 5.26. The van der Waals surface area contributed by atoms with E-state index in [0.29, 0.717) is 0 Å². The minimum absolute atomic E-state index is 1.17. The average molecular weight is 863 g/mol. The fourth-order valence-electron chi connectivity index (χ4n) is 13.1. The molecular weight excluding hydrogens is 817 g/mol. The van der Waals surface area contributed by atoms with Gasteiger partial charge in [0.1, 0.15) is 8.07 Å². The summed E-state index contributed by atoms with van der Waals surface area (Å²) in [6.45, 7) is 12.4. The van der Waals surface area contributed by atoms with Gasteiger partial charge in [-0.1, -0.05) is 165 Å². The van der Waals surface area contributed by atoms with Crippen LogP contribution in [0.15, 0.2) is 188 Å². The SMILES string of the molecule is Cc1cc(N(c2ccccc2)c2cccc3c2[Si](C)(C)c2ccccc2-3)c2c3ccccc3c3c(C)cc(N4c5ccccc5[Si]5(C)c6ccccc6-c6cccc4c65)c4ccc1c2c43. The third-order valence-corrected chi connectivity index (χ3v) is 23.8. The van der Waals surface area contributed by atoms with Crippen molar-refractivity contribution in [2.24, 2.45) is 0 Å². The van der Waals surface area contributed by atoms with Crippen LogP contribution < -0.4 is 35.7 Å². The molecule has 0 N–H and O–H groups in total. The molecule has 0 fully saturated rings. The van der Waals surface area contributed by atoms with Gasteiger partial charge in [-0.3, -0.25) is 0 Å². The molecule has 65 heavy (non-hydrogen) atoms. The lowest BCUT2D eigenvalue weighted by Crippen LogP contribution is -2.66. The molecule has 4 heteroatoms. The maximum atomic E-state index is 2.64. The van der Waals surface area contributed by atoms with Gasteiger partial charge < -0.3 is 9.80 Å². The molecule has 0 aromatic heterocycles. The first-order chi connectivity index (χ1) is 31.8. The first kappa shape index (κ1) is 37.2. The maximum absolute atomic E-state index is 2.64. The lowest BCUT2D eigenvalue weighted by atomic mass is 9.84. The lowest BCUT2D eigenvalue weighted by Gasteiger charge is -2.41. The first-order valence-corrected chi connectivity index (χ1v) is 28.6. The second kappa shape index (κ2) is 12.9. The second-order valence-electron chi connectivity index (χ2n) is 19.4. The van der Waals surface area contributed by atoms with Crippen molar-refractivity contribution in [1.82, 2.24) is 0 Å². The van der Waals surface area contributed by atoms with Crippen molar-refractivity contribution in [3.8, 4) is 22.3 Å². The maximum Gasteiger partial charge on any atom is 0.152 e. The van der Waals surface area contributed by atoms with Gasteiger partial charge in [-0.2, -0.15) is 0 Å². The van der Waals surface area contributed by atoms with E-state index in [1.807, 2.05) is 0 Å². The standard InChI is InChI=1S/C61H46N2Si2/c1-37-35-52(62(39-19-7-6-8-20-39)49-28-17-25-45-41-21-11-14-30-53(41)64(3,4)60(45)49)57-44-24-10-9-23-43(44)56-38(2)36-51(47-34-33-40(37)58(57)59(47)56)63-48-27-13-16-32-55(48)65(5)54-31-15-12-22-42(54)46-26-18-29-50(63)61(46)65/h6-36H,1-5H3. The van der Waals surface area contributed by atoms with Crippen LogP contribution in [0.4, 0.5) is 34.1 Å². The Kier molecular flexibility index (Phi) is 7.40. The van der Waals surface area contributed by atoms with Crippen LogP contribution in [0, 0.1) is 13.8 Å². The van der Waals surface area contributed by atoms with Crippen molar-refractivity contribution in [2.75, 3.05) is 9.80 Å². The highest BCUT2D eigenvalue weighted by atomic mass is 28.3. The van der Waals surface area contributed by atoms with E-state index in [2.05, 4.69) is 231 Å². The molecule has 11 aromatic rings. The molecule has 3 aliphatic rings. The molecule has 0 saturated heterocycles. The molecule has 3 aliphatic heterocycles. The van der Waals surface area contributed by atoms with Crippen LogP contribution >= 0.6 is 0 Å². The van der Waals surface area contributed by atoms with E-state index < -0.39 is 16.1 Å². The Labute approximate surface area is 382 Å². The van der Waals surface area contributed by atoms with Gasteiger partial charge in [0.15, 0.2) is 8.07 Å². The topological polar surface area (TPSA) is 6.48 Å². The second-order valence-corrected chi connectivity index (χ2v) is 27.5. The predicted octanol–water partition coefficient (Wildman–Crippen LogP) is 13.5. The van der Waals surface area contributed by atoms with Crippen molar-refractivity contribution >= 4 is 119 Å². The summed E-state index contributed by atoms with van der Waals surface area (Å²) in [5, 5.41) is 18.1. The third kappa shape index (κ3) is 4.63. The predicted molar refractivity (Wildman–Crippen MR) is 285 cm³/mol. The van der Waals surface area contributed by atoms with Gasteiger partial charge in [-0.05, 0) is 137 Å². The number of rotatable bonds is 4. The molecule has 0 aliphatic carbocycles. The van der Waals surface area contributed by atoms with Crippen molar-refractivity contribution in [3.63, 3.8) is 0 Å². The van der Waals surface area contributed by atoms with Gasteiger partial charge in [-0.15, -0.1) is 0 Å². The fourth-order valence-corrected chi connectivity index (χ4v) is 21.1. The summed E-state index contributed by atoms with van der Waals surface area (Å²) in [5.41, 5.74) is 15.7. The van der Waals surface area contributed by atoms with Crippen molar-refractivity contribution in [1.29, 1.82) is 0 Å². The van der Waals surface area contributed by atoms with Crippen molar-refractivity contribution in [3.05, 3.63) is 199 Å². The Balaban J connectivity index is 1.11. The number of para-hydroxylation sites is 2. The van der Waals surface area contributed by atoms with Gasteiger partial charge in [0.25, 0.3) is 0 Å². The van der Waals surface area contributed by atoms with Crippen LogP contribution in [0.25, 0.3) is 65.3 Å². The molecule has 3 heterocycles. The highest BCUT2D eigenvalue weighted by Crippen LogP contribution is 2.53. The summed E-state index contributed by atoms with van der Waals surface area (Å²) in [6.07, 6.45) is 0. The number of hydrogen-bond acceptors (Lipinski definition) is 2. The van der Waals surface area contributed by atoms with E-state index in [-0.39, 0.29) is 0 Å². The normalized spacial score (nSPS) is 16.2. The highest BCUT2D eigenvalue weighted by Gasteiger charge is 2.50. The van der Waals surface area contributed by atoms with Crippen LogP contribution in [0.1, 0.15) is 11.1 Å². The molecule has 0 saturated carbocycles. The van der Waals surface area contributed by atoms with Gasteiger partial charge in [0.05, 0.1) is 11.4 Å². The number of anilines is 6. The van der Waals surface area contributed by atoms with Crippen molar-refractivity contribution < 1.29 is 0 Å². The molecule has 0 spiro atoms. The monoisotopic (exact) mass is 862 g/mol. The molecular formula is C61H46N2Si2. The summed E-state index contributed by atoms with van der Waals surface area (Å²) in [6, 6.07) is 72.0. The molecule has 0 bridgehead atoms. The number of aryl methyl sites for hydroxylation is 2. The molecule has 11 aromatic carbocycles. The minimum Gasteiger partial charge on any atom is -0.310 e. The molecule has 0 amide bonds. The zero-order valence-electron chi connectivity index (χ0n) is 37.3. The van der Waals surface area contributed by atoms with E-state index in [1.54, 1.807) is 0 Å². The summed E-state index contributed by atoms with van der Waals surface area (Å²) in [7, 11) is -4.43. The van der Waals surface area contributed by atoms with E-state index in [9.17, 15) is 0 Å². The number of hydrogen-bond donors (Lipinski definition) is 0. The first-order valence-electron chi connectivity index (χ1n) is 23.1. The smallest absolute Gasteiger partial charge is 0.152 e. The molecule has 0 radical (unpaired) electrons. The fraction of sp³-hybridized carbons (Fsp3) is 0.0820. The van der Waals surface area contributed by atoms with Gasteiger partial charge in [0, 0.05) is 44.3 Å². The van der Waals surface area contributed by atoms with Crippen LogP contribution in [0.5, 0.6) is 0 Å². The van der Waals surface area contributed by atoms with E-state index in [4.69, 9.17) is 0 Å². The third-order valence-electron chi connectivity index (χ3n) is 15.7. The molecule has 2 nitrogen and oxygen atoms in total. The Morgan fingerprint density at radius 2 is 0.938 bits per heavy atom. The molecule has 14 rings (SSSR count). The van der Waals surface area contributed by atoms with Gasteiger partial charge >= 0.3 is 0 Å². The Hall–Kier alpha value is -7.25. The Morgan fingerprint density at radius 1 is 0.369 bits per heavy atom. The van der Waals surface area contributed by atoms with Crippen LogP contribution in [0.2, 0.25) is 19.6 Å². The molecule has 1 atom stereocenters. The molecule has 308 valence electrons. The van der Waals surface area contributed by atoms with Crippen LogP contribution in [-0.4, -0.2) is 16.1 Å². The van der Waals surface area contributed by atoms with Gasteiger partial charge in [0.2, 0.25) is 0 Å². The van der Waals surface area contributed by atoms with Crippen LogP contribution in [-0.2, 0) is 0 Å². The largest absolute Gasteiger partial charge is 0.310 e. The van der Waals surface area contributed by atoms with Gasteiger partial charge in [-0.25, -0.2) is 0 Å². The lowest BCUT2D eigenvalue weighted by molar-refractivity contribution is 1.30. The number of nitrogens with zero attached hydrogens (tertiary/aromatic N) is 2. The summed E-state index contributed by atoms with van der Waals surface area (Å²) >= 11 is 0. The van der Waals surface area contributed by atoms with Crippen molar-refractivity contribution in [2.45, 2.75) is 33.5 Å². The zero-order valence-corrected chi connectivity index (χ0v) is 39.3. The Morgan fingerprint density at radius 3 is 1.72 bits per heavy atom. The van der Waals surface area contributed by atoms with Crippen LogP contribution in [0.3, 0.4) is 0 Å². The van der Waals surface area contributed by atoms with E-state index in [1.165, 1.54) is 137 Å². The van der Waals surface area contributed by atoms with E-state index in [0.717, 1.165) is 0 Å². The molecule has 1 unspecified atom stereocenters. The Bertz CT molecular complexity index is 3870. The quantitative estimate of drug-likeness (QED) is 0.0988. The minimum atomic E-state index is -2.31.